The maximum absolute atomic E-state index is 13.4. The van der Waals surface area contributed by atoms with Crippen LogP contribution in [0.2, 0.25) is 0 Å². The Morgan fingerprint density at radius 3 is 2.54 bits per heavy atom. The number of rotatable bonds is 5. The van der Waals surface area contributed by atoms with Crippen molar-refractivity contribution in [2.45, 2.75) is 63.4 Å². The standard InChI is InChI=1S/C26H25F2N3O4/c1-24(2,3)22-11-15-10-17(5-6-19(15)31(22)14-18(32)13-29)30-23(33)25(8-9-25)16-4-7-20-21(12-16)35-26(27,28)34-20/h4-7,10-12,18,32H,8-9,14H2,1-3H3,(H,30,33). The molecule has 0 saturated heterocycles. The third-order valence-corrected chi connectivity index (χ3v) is 6.57. The Balaban J connectivity index is 1.42. The number of fused-ring (bicyclic) bond motifs is 2. The number of amides is 1. The highest BCUT2D eigenvalue weighted by Crippen LogP contribution is 2.52. The molecular formula is C26H25F2N3O4. The molecule has 2 aromatic carbocycles. The van der Waals surface area contributed by atoms with Crippen LogP contribution in [0.3, 0.4) is 0 Å². The first-order valence-electron chi connectivity index (χ1n) is 11.4. The first-order chi connectivity index (χ1) is 16.4. The Bertz CT molecular complexity index is 1380. The molecule has 182 valence electrons. The molecule has 1 aliphatic heterocycles. The molecule has 9 heteroatoms. The van der Waals surface area contributed by atoms with E-state index in [0.29, 0.717) is 24.1 Å². The van der Waals surface area contributed by atoms with Crippen LogP contribution >= 0.6 is 0 Å². The SMILES string of the molecule is CC(C)(C)c1cc2cc(NC(=O)C3(c4ccc5c(c4)OC(F)(F)O5)CC3)ccc2n1CC(O)C#N. The van der Waals surface area contributed by atoms with Crippen molar-refractivity contribution in [3.8, 4) is 17.6 Å². The van der Waals surface area contributed by atoms with E-state index < -0.39 is 17.8 Å². The minimum atomic E-state index is -3.71. The van der Waals surface area contributed by atoms with Gasteiger partial charge in [-0.25, -0.2) is 0 Å². The van der Waals surface area contributed by atoms with E-state index in [-0.39, 0.29) is 29.4 Å². The van der Waals surface area contributed by atoms with Gasteiger partial charge in [-0.15, -0.1) is 8.78 Å². The fourth-order valence-electron chi connectivity index (χ4n) is 4.65. The third kappa shape index (κ3) is 4.08. The first kappa shape index (κ1) is 23.1. The van der Waals surface area contributed by atoms with Gasteiger partial charge in [0, 0.05) is 27.7 Å². The second kappa shape index (κ2) is 7.68. The Morgan fingerprint density at radius 1 is 1.17 bits per heavy atom. The van der Waals surface area contributed by atoms with Gasteiger partial charge >= 0.3 is 6.29 Å². The number of nitriles is 1. The second-order valence-electron chi connectivity index (χ2n) is 10.2. The fourth-order valence-corrected chi connectivity index (χ4v) is 4.65. The molecule has 3 aromatic rings. The van der Waals surface area contributed by atoms with Crippen molar-refractivity contribution in [1.29, 1.82) is 5.26 Å². The van der Waals surface area contributed by atoms with Crippen LogP contribution in [0.5, 0.6) is 11.5 Å². The predicted octanol–water partition coefficient (Wildman–Crippen LogP) is 4.82. The second-order valence-corrected chi connectivity index (χ2v) is 10.2. The molecule has 1 aliphatic carbocycles. The van der Waals surface area contributed by atoms with Gasteiger partial charge in [0.25, 0.3) is 0 Å². The lowest BCUT2D eigenvalue weighted by atomic mass is 9.92. The average molecular weight is 481 g/mol. The molecule has 35 heavy (non-hydrogen) atoms. The highest BCUT2D eigenvalue weighted by atomic mass is 19.3. The number of nitrogens with zero attached hydrogens (tertiary/aromatic N) is 2. The van der Waals surface area contributed by atoms with Crippen LogP contribution in [0.4, 0.5) is 14.5 Å². The number of carbonyl (C=O) groups excluding carboxylic acids is 1. The van der Waals surface area contributed by atoms with Gasteiger partial charge in [-0.05, 0) is 54.8 Å². The summed E-state index contributed by atoms with van der Waals surface area (Å²) in [6.07, 6.45) is -3.66. The van der Waals surface area contributed by atoms with Gasteiger partial charge in [-0.2, -0.15) is 5.26 Å². The van der Waals surface area contributed by atoms with Gasteiger partial charge in [0.15, 0.2) is 17.6 Å². The highest BCUT2D eigenvalue weighted by Gasteiger charge is 2.52. The van der Waals surface area contributed by atoms with E-state index in [2.05, 4.69) is 35.6 Å². The third-order valence-electron chi connectivity index (χ3n) is 6.57. The summed E-state index contributed by atoms with van der Waals surface area (Å²) >= 11 is 0. The van der Waals surface area contributed by atoms with Crippen LogP contribution in [0.25, 0.3) is 10.9 Å². The Labute approximate surface area is 200 Å². The minimum Gasteiger partial charge on any atom is -0.395 e. The van der Waals surface area contributed by atoms with E-state index in [1.807, 2.05) is 28.8 Å². The number of nitrogens with one attached hydrogen (secondary N) is 1. The molecule has 2 aliphatic rings. The van der Waals surface area contributed by atoms with Crippen molar-refractivity contribution in [2.75, 3.05) is 5.32 Å². The van der Waals surface area contributed by atoms with Gasteiger partial charge < -0.3 is 24.5 Å². The first-order valence-corrected chi connectivity index (χ1v) is 11.4. The normalized spacial score (nSPS) is 18.2. The molecule has 1 amide bonds. The number of hydrogen-bond donors (Lipinski definition) is 2. The molecule has 0 radical (unpaired) electrons. The Hall–Kier alpha value is -3.64. The molecular weight excluding hydrogens is 456 g/mol. The molecule has 0 bridgehead atoms. The highest BCUT2D eigenvalue weighted by molar-refractivity contribution is 6.02. The summed E-state index contributed by atoms with van der Waals surface area (Å²) in [6.45, 7) is 6.30. The van der Waals surface area contributed by atoms with Gasteiger partial charge in [-0.1, -0.05) is 26.8 Å². The van der Waals surface area contributed by atoms with Crippen molar-refractivity contribution in [2.24, 2.45) is 0 Å². The maximum atomic E-state index is 13.4. The van der Waals surface area contributed by atoms with E-state index >= 15 is 0 Å². The van der Waals surface area contributed by atoms with E-state index in [0.717, 1.165) is 16.6 Å². The van der Waals surface area contributed by atoms with E-state index in [1.54, 1.807) is 12.1 Å². The zero-order chi connectivity index (χ0) is 25.2. The summed E-state index contributed by atoms with van der Waals surface area (Å²) in [5, 5.41) is 22.9. The Kier molecular flexibility index (Phi) is 5.08. The monoisotopic (exact) mass is 481 g/mol. The average Bonchev–Trinajstić information content (AvgIpc) is 3.42. The topological polar surface area (TPSA) is 96.5 Å². The van der Waals surface area contributed by atoms with Crippen LogP contribution in [0, 0.1) is 11.3 Å². The summed E-state index contributed by atoms with van der Waals surface area (Å²) < 4.78 is 37.7. The number of alkyl halides is 2. The number of aromatic nitrogens is 1. The fraction of sp³-hybridized carbons (Fsp3) is 0.385. The minimum absolute atomic E-state index is 0.0545. The molecule has 7 nitrogen and oxygen atoms in total. The number of halogens is 2. The molecule has 1 unspecified atom stereocenters. The molecule has 5 rings (SSSR count). The molecule has 1 aromatic heterocycles. The number of benzene rings is 2. The zero-order valence-electron chi connectivity index (χ0n) is 19.6. The predicted molar refractivity (Wildman–Crippen MR) is 124 cm³/mol. The van der Waals surface area contributed by atoms with Crippen LogP contribution < -0.4 is 14.8 Å². The number of aliphatic hydroxyl groups excluding tert-OH is 1. The lowest BCUT2D eigenvalue weighted by Crippen LogP contribution is -2.27. The van der Waals surface area contributed by atoms with Crippen LogP contribution in [-0.2, 0) is 22.2 Å². The summed E-state index contributed by atoms with van der Waals surface area (Å²) in [4.78, 5) is 13.3. The molecule has 0 spiro atoms. The van der Waals surface area contributed by atoms with Crippen LogP contribution in [0.15, 0.2) is 42.5 Å². The largest absolute Gasteiger partial charge is 0.586 e. The summed E-state index contributed by atoms with van der Waals surface area (Å²) in [5.41, 5.74) is 1.96. The number of carbonyl (C=O) groups is 1. The summed E-state index contributed by atoms with van der Waals surface area (Å²) in [5.74, 6) is -0.359. The number of aliphatic hydroxyl groups is 1. The van der Waals surface area contributed by atoms with E-state index in [4.69, 9.17) is 5.26 Å². The van der Waals surface area contributed by atoms with Gasteiger partial charge in [0.2, 0.25) is 5.91 Å². The van der Waals surface area contributed by atoms with E-state index in [1.165, 1.54) is 12.1 Å². The molecule has 2 N–H and O–H groups in total. The van der Waals surface area contributed by atoms with Crippen LogP contribution in [0.1, 0.15) is 44.9 Å². The molecule has 2 heterocycles. The Morgan fingerprint density at radius 2 is 1.89 bits per heavy atom. The van der Waals surface area contributed by atoms with Crippen molar-refractivity contribution >= 4 is 22.5 Å². The summed E-state index contributed by atoms with van der Waals surface area (Å²) in [6, 6.07) is 13.8. The molecule has 1 fully saturated rings. The van der Waals surface area contributed by atoms with Crippen molar-refractivity contribution in [3.63, 3.8) is 0 Å². The zero-order valence-corrected chi connectivity index (χ0v) is 19.6. The molecule has 1 atom stereocenters. The number of anilines is 1. The summed E-state index contributed by atoms with van der Waals surface area (Å²) in [7, 11) is 0. The lowest BCUT2D eigenvalue weighted by Gasteiger charge is -2.22. The van der Waals surface area contributed by atoms with E-state index in [9.17, 15) is 18.7 Å². The van der Waals surface area contributed by atoms with Crippen LogP contribution in [-0.4, -0.2) is 28.0 Å². The van der Waals surface area contributed by atoms with Crippen molar-refractivity contribution in [1.82, 2.24) is 4.57 Å². The van der Waals surface area contributed by atoms with Gasteiger partial charge in [0.1, 0.15) is 0 Å². The van der Waals surface area contributed by atoms with Gasteiger partial charge in [0.05, 0.1) is 18.0 Å². The van der Waals surface area contributed by atoms with Gasteiger partial charge in [-0.3, -0.25) is 4.79 Å². The maximum Gasteiger partial charge on any atom is 0.586 e. The smallest absolute Gasteiger partial charge is 0.395 e. The van der Waals surface area contributed by atoms with Crippen molar-refractivity contribution in [3.05, 3.63) is 53.7 Å². The van der Waals surface area contributed by atoms with Crippen molar-refractivity contribution < 1.29 is 28.2 Å². The number of hydrogen-bond acceptors (Lipinski definition) is 5. The quantitative estimate of drug-likeness (QED) is 0.510. The lowest BCUT2D eigenvalue weighted by molar-refractivity contribution is -0.286. The number of ether oxygens (including phenoxy) is 2. The molecule has 1 saturated carbocycles.